The van der Waals surface area contributed by atoms with Gasteiger partial charge in [-0.1, -0.05) is 6.58 Å². The summed E-state index contributed by atoms with van der Waals surface area (Å²) in [5.74, 6) is -1.10. The first-order chi connectivity index (χ1) is 7.81. The third kappa shape index (κ3) is 5.10. The standard InChI is InChI=1S/C9H10F6O2/c1-2-5(16)17-3-4(10)6(11)7(12)8(13)9(14)15/h2,4,6-9H,1,3H2. The highest BCUT2D eigenvalue weighted by molar-refractivity contribution is 5.81. The fourth-order valence-electron chi connectivity index (χ4n) is 0.827. The smallest absolute Gasteiger partial charge is 0.330 e. The maximum Gasteiger partial charge on any atom is 0.330 e. The van der Waals surface area contributed by atoms with Crippen molar-refractivity contribution in [3.63, 3.8) is 0 Å². The molecule has 0 aromatic rings. The highest BCUT2D eigenvalue weighted by Gasteiger charge is 2.40. The molecule has 0 N–H and O–H groups in total. The van der Waals surface area contributed by atoms with Crippen LogP contribution in [-0.2, 0) is 9.53 Å². The van der Waals surface area contributed by atoms with E-state index in [0.29, 0.717) is 6.08 Å². The Morgan fingerprint density at radius 2 is 1.59 bits per heavy atom. The van der Waals surface area contributed by atoms with E-state index < -0.39 is 43.7 Å². The van der Waals surface area contributed by atoms with Gasteiger partial charge in [0.05, 0.1) is 0 Å². The summed E-state index contributed by atoms with van der Waals surface area (Å²) < 4.78 is 78.0. The lowest BCUT2D eigenvalue weighted by Crippen LogP contribution is -2.40. The molecule has 0 aromatic carbocycles. The minimum absolute atomic E-state index is 0.643. The monoisotopic (exact) mass is 264 g/mol. The Morgan fingerprint density at radius 1 is 1.06 bits per heavy atom. The molecule has 0 aliphatic rings. The summed E-state index contributed by atoms with van der Waals surface area (Å²) in [6, 6.07) is 0. The van der Waals surface area contributed by atoms with Crippen LogP contribution in [0.3, 0.4) is 0 Å². The Bertz CT molecular complexity index is 260. The number of alkyl halides is 6. The van der Waals surface area contributed by atoms with Crippen LogP contribution in [0.15, 0.2) is 12.7 Å². The van der Waals surface area contributed by atoms with Gasteiger partial charge in [-0.3, -0.25) is 0 Å². The van der Waals surface area contributed by atoms with E-state index >= 15 is 0 Å². The van der Waals surface area contributed by atoms with Crippen LogP contribution in [0.1, 0.15) is 0 Å². The Hall–Kier alpha value is -1.21. The lowest BCUT2D eigenvalue weighted by Gasteiger charge is -2.19. The average Bonchev–Trinajstić information content (AvgIpc) is 2.32. The Morgan fingerprint density at radius 3 is 2.00 bits per heavy atom. The summed E-state index contributed by atoms with van der Waals surface area (Å²) in [6.07, 6.45) is -15.7. The second-order valence-electron chi connectivity index (χ2n) is 3.02. The summed E-state index contributed by atoms with van der Waals surface area (Å²) in [7, 11) is 0. The maximum atomic E-state index is 12.8. The maximum absolute atomic E-state index is 12.8. The molecule has 0 rings (SSSR count). The number of carbonyl (C=O) groups excluding carboxylic acids is 1. The molecule has 2 nitrogen and oxygen atoms in total. The number of ether oxygens (including phenoxy) is 1. The fraction of sp³-hybridized carbons (Fsp3) is 0.667. The van der Waals surface area contributed by atoms with E-state index in [2.05, 4.69) is 11.3 Å². The number of esters is 1. The molecule has 0 saturated heterocycles. The molecule has 0 radical (unpaired) electrons. The Labute approximate surface area is 93.2 Å². The molecule has 0 saturated carbocycles. The van der Waals surface area contributed by atoms with Crippen molar-refractivity contribution < 1.29 is 35.9 Å². The largest absolute Gasteiger partial charge is 0.459 e. The van der Waals surface area contributed by atoms with Gasteiger partial charge in [-0.05, 0) is 0 Å². The zero-order valence-corrected chi connectivity index (χ0v) is 8.46. The predicted octanol–water partition coefficient (Wildman–Crippen LogP) is 2.33. The minimum Gasteiger partial charge on any atom is -0.459 e. The first kappa shape index (κ1) is 15.8. The van der Waals surface area contributed by atoms with Crippen LogP contribution in [0.2, 0.25) is 0 Å². The number of hydrogen-bond donors (Lipinski definition) is 0. The van der Waals surface area contributed by atoms with Crippen molar-refractivity contribution in [3.05, 3.63) is 12.7 Å². The van der Waals surface area contributed by atoms with E-state index in [1.54, 1.807) is 0 Å². The van der Waals surface area contributed by atoms with Crippen molar-refractivity contribution in [2.24, 2.45) is 0 Å². The van der Waals surface area contributed by atoms with Gasteiger partial charge in [-0.25, -0.2) is 31.1 Å². The summed E-state index contributed by atoms with van der Waals surface area (Å²) in [5.41, 5.74) is 0. The molecule has 0 fully saturated rings. The summed E-state index contributed by atoms with van der Waals surface area (Å²) in [6.45, 7) is 1.74. The lowest BCUT2D eigenvalue weighted by atomic mass is 10.1. The van der Waals surface area contributed by atoms with Crippen molar-refractivity contribution in [3.8, 4) is 0 Å². The van der Waals surface area contributed by atoms with Crippen LogP contribution < -0.4 is 0 Å². The Balaban J connectivity index is 4.24. The van der Waals surface area contributed by atoms with Crippen LogP contribution in [-0.4, -0.2) is 43.7 Å². The molecule has 0 aromatic heterocycles. The molecular formula is C9H10F6O2. The van der Waals surface area contributed by atoms with Crippen LogP contribution in [0.5, 0.6) is 0 Å². The van der Waals surface area contributed by atoms with Gasteiger partial charge in [0, 0.05) is 6.08 Å². The molecule has 0 spiro atoms. The van der Waals surface area contributed by atoms with E-state index in [4.69, 9.17) is 0 Å². The van der Waals surface area contributed by atoms with E-state index in [9.17, 15) is 31.1 Å². The van der Waals surface area contributed by atoms with Crippen molar-refractivity contribution in [1.29, 1.82) is 0 Å². The SMILES string of the molecule is C=CC(=O)OCC(F)C(F)C(F)C(F)C(F)F. The van der Waals surface area contributed by atoms with Gasteiger partial charge in [-0.15, -0.1) is 0 Å². The van der Waals surface area contributed by atoms with Gasteiger partial charge < -0.3 is 4.74 Å². The number of halogens is 6. The van der Waals surface area contributed by atoms with Crippen molar-refractivity contribution in [2.75, 3.05) is 6.61 Å². The van der Waals surface area contributed by atoms with Crippen molar-refractivity contribution in [2.45, 2.75) is 31.1 Å². The average molecular weight is 264 g/mol. The topological polar surface area (TPSA) is 26.3 Å². The molecule has 4 atom stereocenters. The van der Waals surface area contributed by atoms with E-state index in [0.717, 1.165) is 0 Å². The summed E-state index contributed by atoms with van der Waals surface area (Å²) in [5, 5.41) is 0. The zero-order chi connectivity index (χ0) is 13.6. The second kappa shape index (κ2) is 7.18. The third-order valence-electron chi connectivity index (χ3n) is 1.75. The highest BCUT2D eigenvalue weighted by Crippen LogP contribution is 2.22. The van der Waals surface area contributed by atoms with E-state index in [1.165, 1.54) is 0 Å². The van der Waals surface area contributed by atoms with Crippen LogP contribution in [0.4, 0.5) is 26.3 Å². The normalized spacial score (nSPS) is 18.3. The number of rotatable bonds is 7. The van der Waals surface area contributed by atoms with E-state index in [1.807, 2.05) is 0 Å². The van der Waals surface area contributed by atoms with Crippen LogP contribution in [0.25, 0.3) is 0 Å². The molecule has 0 amide bonds. The van der Waals surface area contributed by atoms with Crippen LogP contribution >= 0.6 is 0 Å². The quantitative estimate of drug-likeness (QED) is 0.401. The van der Waals surface area contributed by atoms with Crippen molar-refractivity contribution in [1.82, 2.24) is 0 Å². The highest BCUT2D eigenvalue weighted by atomic mass is 19.3. The molecule has 0 heterocycles. The van der Waals surface area contributed by atoms with Gasteiger partial charge in [0.1, 0.15) is 6.61 Å². The minimum atomic E-state index is -3.76. The van der Waals surface area contributed by atoms with Gasteiger partial charge in [0.15, 0.2) is 24.7 Å². The molecule has 17 heavy (non-hydrogen) atoms. The van der Waals surface area contributed by atoms with Gasteiger partial charge in [0.25, 0.3) is 6.43 Å². The molecular weight excluding hydrogens is 254 g/mol. The molecule has 0 aliphatic heterocycles. The predicted molar refractivity (Wildman–Crippen MR) is 46.7 cm³/mol. The number of carbonyl (C=O) groups is 1. The lowest BCUT2D eigenvalue weighted by molar-refractivity contribution is -0.141. The van der Waals surface area contributed by atoms with Crippen LogP contribution in [0, 0.1) is 0 Å². The molecule has 4 unspecified atom stereocenters. The van der Waals surface area contributed by atoms with E-state index in [-0.39, 0.29) is 0 Å². The molecule has 100 valence electrons. The first-order valence-electron chi connectivity index (χ1n) is 4.44. The fourth-order valence-corrected chi connectivity index (χ4v) is 0.827. The van der Waals surface area contributed by atoms with Gasteiger partial charge in [-0.2, -0.15) is 0 Å². The molecule has 8 heteroatoms. The zero-order valence-electron chi connectivity index (χ0n) is 8.46. The third-order valence-corrected chi connectivity index (χ3v) is 1.75. The second-order valence-corrected chi connectivity index (χ2v) is 3.02. The van der Waals surface area contributed by atoms with Crippen molar-refractivity contribution >= 4 is 5.97 Å². The Kier molecular flexibility index (Phi) is 6.67. The molecule has 0 aliphatic carbocycles. The summed E-state index contributed by atoms with van der Waals surface area (Å²) in [4.78, 5) is 10.4. The summed E-state index contributed by atoms with van der Waals surface area (Å²) >= 11 is 0. The first-order valence-corrected chi connectivity index (χ1v) is 4.44. The van der Waals surface area contributed by atoms with Gasteiger partial charge in [0.2, 0.25) is 0 Å². The number of hydrogen-bond acceptors (Lipinski definition) is 2. The van der Waals surface area contributed by atoms with Gasteiger partial charge >= 0.3 is 5.97 Å². The molecule has 0 bridgehead atoms.